The Morgan fingerprint density at radius 3 is 2.74 bits per heavy atom. The lowest BCUT2D eigenvalue weighted by atomic mass is 10.0. The fourth-order valence-electron chi connectivity index (χ4n) is 3.65. The van der Waals surface area contributed by atoms with E-state index in [0.29, 0.717) is 27.2 Å². The summed E-state index contributed by atoms with van der Waals surface area (Å²) >= 11 is 2.77. The molecule has 34 heavy (non-hydrogen) atoms. The topological polar surface area (TPSA) is 79.1 Å². The Kier molecular flexibility index (Phi) is 7.56. The molecule has 0 saturated heterocycles. The second-order valence-corrected chi connectivity index (χ2v) is 9.34. The Labute approximate surface area is 204 Å². The van der Waals surface area contributed by atoms with E-state index in [1.165, 1.54) is 22.7 Å². The van der Waals surface area contributed by atoms with E-state index in [0.717, 1.165) is 16.2 Å². The van der Waals surface area contributed by atoms with Crippen LogP contribution in [-0.2, 0) is 14.3 Å². The number of aromatic nitrogens is 1. The Hall–Kier alpha value is -3.27. The van der Waals surface area contributed by atoms with Gasteiger partial charge in [0.2, 0.25) is 0 Å². The number of hydrogen-bond acceptors (Lipinski definition) is 8. The van der Waals surface area contributed by atoms with Crippen molar-refractivity contribution in [3.63, 3.8) is 0 Å². The monoisotopic (exact) mass is 496 g/mol. The van der Waals surface area contributed by atoms with Crippen molar-refractivity contribution >= 4 is 40.8 Å². The SMILES string of the molecule is COCCOC(=O)C1=C(C)N=c2sc(=C/C=C/c3ccccc3OC)c(=O)n2[C@@H]1c1cccs1. The van der Waals surface area contributed by atoms with Crippen LogP contribution in [0, 0.1) is 0 Å². The molecule has 1 atom stereocenters. The smallest absolute Gasteiger partial charge is 0.338 e. The molecule has 4 rings (SSSR count). The summed E-state index contributed by atoms with van der Waals surface area (Å²) in [6.07, 6.45) is 5.47. The zero-order valence-corrected chi connectivity index (χ0v) is 20.7. The van der Waals surface area contributed by atoms with Gasteiger partial charge in [-0.3, -0.25) is 9.36 Å². The highest BCUT2D eigenvalue weighted by Crippen LogP contribution is 2.33. The first-order valence-electron chi connectivity index (χ1n) is 10.6. The maximum absolute atomic E-state index is 13.5. The molecule has 1 aromatic carbocycles. The highest BCUT2D eigenvalue weighted by Gasteiger charge is 2.33. The fourth-order valence-corrected chi connectivity index (χ4v) is 5.47. The van der Waals surface area contributed by atoms with Crippen LogP contribution in [0.3, 0.4) is 0 Å². The third-order valence-corrected chi connectivity index (χ3v) is 7.16. The van der Waals surface area contributed by atoms with Gasteiger partial charge < -0.3 is 14.2 Å². The van der Waals surface area contributed by atoms with Crippen molar-refractivity contribution in [2.45, 2.75) is 13.0 Å². The Morgan fingerprint density at radius 2 is 2.00 bits per heavy atom. The number of ether oxygens (including phenoxy) is 3. The lowest BCUT2D eigenvalue weighted by molar-refractivity contribution is -0.140. The van der Waals surface area contributed by atoms with Crippen molar-refractivity contribution in [1.29, 1.82) is 0 Å². The number of esters is 1. The van der Waals surface area contributed by atoms with Crippen molar-refractivity contribution in [2.24, 2.45) is 4.99 Å². The zero-order valence-electron chi connectivity index (χ0n) is 19.0. The van der Waals surface area contributed by atoms with E-state index in [1.807, 2.05) is 53.9 Å². The molecule has 0 fully saturated rings. The molecule has 7 nitrogen and oxygen atoms in total. The fraction of sp³-hybridized carbons (Fsp3) is 0.240. The average molecular weight is 497 g/mol. The van der Waals surface area contributed by atoms with Crippen LogP contribution in [0.25, 0.3) is 12.2 Å². The van der Waals surface area contributed by atoms with Gasteiger partial charge in [0.25, 0.3) is 5.56 Å². The first kappa shape index (κ1) is 23.9. The van der Waals surface area contributed by atoms with Gasteiger partial charge in [0.05, 0.1) is 29.5 Å². The van der Waals surface area contributed by atoms with Crippen molar-refractivity contribution in [2.75, 3.05) is 27.4 Å². The Bertz CT molecular complexity index is 1410. The summed E-state index contributed by atoms with van der Waals surface area (Å²) in [5.41, 5.74) is 1.60. The molecule has 9 heteroatoms. The molecular formula is C25H24N2O5S2. The number of thiazole rings is 1. The molecule has 0 aliphatic carbocycles. The number of benzene rings is 1. The summed E-state index contributed by atoms with van der Waals surface area (Å²) in [6.45, 7) is 2.19. The number of fused-ring (bicyclic) bond motifs is 1. The summed E-state index contributed by atoms with van der Waals surface area (Å²) in [6, 6.07) is 10.9. The number of rotatable bonds is 8. The number of methoxy groups -OCH3 is 2. The van der Waals surface area contributed by atoms with Gasteiger partial charge in [-0.05, 0) is 30.5 Å². The summed E-state index contributed by atoms with van der Waals surface area (Å²) in [5.74, 6) is 0.251. The standard InChI is InChI=1S/C25H24N2O5S2/c1-16-21(24(29)32-14-13-30-2)22(19-12-7-15-33-19)27-23(28)20(34-25(27)26-16)11-6-9-17-8-4-5-10-18(17)31-3/h4-12,15,22H,13-14H2,1-3H3/b9-6+,20-11?/t22-/m1/s1. The largest absolute Gasteiger partial charge is 0.496 e. The van der Waals surface area contributed by atoms with Gasteiger partial charge in [-0.2, -0.15) is 0 Å². The molecule has 0 spiro atoms. The molecule has 1 aliphatic heterocycles. The van der Waals surface area contributed by atoms with Crippen LogP contribution >= 0.6 is 22.7 Å². The van der Waals surface area contributed by atoms with E-state index in [1.54, 1.807) is 31.8 Å². The summed E-state index contributed by atoms with van der Waals surface area (Å²) in [4.78, 5) is 32.4. The molecule has 176 valence electrons. The van der Waals surface area contributed by atoms with Crippen molar-refractivity contribution < 1.29 is 19.0 Å². The average Bonchev–Trinajstić information content (AvgIpc) is 3.47. The maximum Gasteiger partial charge on any atom is 0.338 e. The van der Waals surface area contributed by atoms with Crippen molar-refractivity contribution in [3.05, 3.63) is 89.3 Å². The number of carbonyl (C=O) groups excluding carboxylic acids is 1. The van der Waals surface area contributed by atoms with Crippen LogP contribution < -0.4 is 19.6 Å². The number of hydrogen-bond donors (Lipinski definition) is 0. The molecule has 0 amide bonds. The summed E-state index contributed by atoms with van der Waals surface area (Å²) in [7, 11) is 3.16. The third-order valence-electron chi connectivity index (χ3n) is 5.24. The van der Waals surface area contributed by atoms with Crippen LogP contribution in [0.15, 0.2) is 68.9 Å². The second-order valence-electron chi connectivity index (χ2n) is 7.35. The van der Waals surface area contributed by atoms with E-state index >= 15 is 0 Å². The lowest BCUT2D eigenvalue weighted by Gasteiger charge is -2.23. The number of allylic oxidation sites excluding steroid dienone is 2. The minimum Gasteiger partial charge on any atom is -0.496 e. The Balaban J connectivity index is 1.76. The van der Waals surface area contributed by atoms with Gasteiger partial charge in [-0.15, -0.1) is 11.3 Å². The Morgan fingerprint density at radius 1 is 1.18 bits per heavy atom. The molecule has 3 aromatic rings. The molecule has 1 aliphatic rings. The van der Waals surface area contributed by atoms with E-state index in [4.69, 9.17) is 14.2 Å². The van der Waals surface area contributed by atoms with E-state index in [2.05, 4.69) is 4.99 Å². The van der Waals surface area contributed by atoms with Gasteiger partial charge in [-0.25, -0.2) is 9.79 Å². The molecule has 0 saturated carbocycles. The van der Waals surface area contributed by atoms with Crippen LogP contribution in [0.5, 0.6) is 5.75 Å². The highest BCUT2D eigenvalue weighted by molar-refractivity contribution is 7.10. The molecule has 0 bridgehead atoms. The first-order chi connectivity index (χ1) is 16.5. The van der Waals surface area contributed by atoms with Crippen LogP contribution in [0.2, 0.25) is 0 Å². The van der Waals surface area contributed by atoms with Crippen molar-refractivity contribution in [1.82, 2.24) is 4.57 Å². The van der Waals surface area contributed by atoms with Gasteiger partial charge in [0, 0.05) is 17.6 Å². The van der Waals surface area contributed by atoms with Gasteiger partial charge in [0.15, 0.2) is 4.80 Å². The highest BCUT2D eigenvalue weighted by atomic mass is 32.1. The van der Waals surface area contributed by atoms with Gasteiger partial charge >= 0.3 is 5.97 Å². The molecule has 2 aromatic heterocycles. The van der Waals surface area contributed by atoms with E-state index in [-0.39, 0.29) is 12.2 Å². The van der Waals surface area contributed by atoms with Crippen LogP contribution in [0.1, 0.15) is 23.4 Å². The predicted octanol–water partition coefficient (Wildman–Crippen LogP) is 3.16. The predicted molar refractivity (Wildman–Crippen MR) is 134 cm³/mol. The number of para-hydroxylation sites is 1. The van der Waals surface area contributed by atoms with Crippen molar-refractivity contribution in [3.8, 4) is 5.75 Å². The van der Waals surface area contributed by atoms with Crippen LogP contribution in [-0.4, -0.2) is 38.0 Å². The number of nitrogens with zero attached hydrogens (tertiary/aromatic N) is 2. The first-order valence-corrected chi connectivity index (χ1v) is 12.3. The van der Waals surface area contributed by atoms with E-state index < -0.39 is 12.0 Å². The minimum atomic E-state index is -0.591. The molecule has 3 heterocycles. The number of carbonyl (C=O) groups is 1. The van der Waals surface area contributed by atoms with Gasteiger partial charge in [0.1, 0.15) is 18.4 Å². The van der Waals surface area contributed by atoms with E-state index in [9.17, 15) is 9.59 Å². The normalized spacial score (nSPS) is 16.0. The van der Waals surface area contributed by atoms with Gasteiger partial charge in [-0.1, -0.05) is 47.8 Å². The number of thiophene rings is 1. The quantitative estimate of drug-likeness (QED) is 0.354. The minimum absolute atomic E-state index is 0.126. The molecule has 0 radical (unpaired) electrons. The molecule has 0 N–H and O–H groups in total. The maximum atomic E-state index is 13.5. The molecule has 0 unspecified atom stereocenters. The lowest BCUT2D eigenvalue weighted by Crippen LogP contribution is -2.39. The summed E-state index contributed by atoms with van der Waals surface area (Å²) in [5, 5.41) is 1.92. The zero-order chi connectivity index (χ0) is 24.1. The summed E-state index contributed by atoms with van der Waals surface area (Å²) < 4.78 is 17.9. The third kappa shape index (κ3) is 4.82. The molecular weight excluding hydrogens is 472 g/mol. The van der Waals surface area contributed by atoms with Crippen LogP contribution in [0.4, 0.5) is 0 Å². The second kappa shape index (κ2) is 10.8.